The number of hydrogen-bond donors (Lipinski definition) is 1. The quantitative estimate of drug-likeness (QED) is 0.782. The van der Waals surface area contributed by atoms with Gasteiger partial charge in [0.25, 0.3) is 0 Å². The lowest BCUT2D eigenvalue weighted by molar-refractivity contribution is -0.119. The maximum Gasteiger partial charge on any atom is 0.230 e. The van der Waals surface area contributed by atoms with Crippen molar-refractivity contribution in [2.45, 2.75) is 31.2 Å². The van der Waals surface area contributed by atoms with Crippen molar-refractivity contribution in [1.29, 1.82) is 0 Å². The molecule has 106 valence electrons. The smallest absolute Gasteiger partial charge is 0.230 e. The SMILES string of the molecule is CC[C@@H](C)NC(=O)CSc1ccc(OC)c(OC)c1. The Morgan fingerprint density at radius 2 is 2.00 bits per heavy atom. The van der Waals surface area contributed by atoms with Gasteiger partial charge in [-0.1, -0.05) is 6.92 Å². The molecule has 19 heavy (non-hydrogen) atoms. The summed E-state index contributed by atoms with van der Waals surface area (Å²) in [4.78, 5) is 12.7. The van der Waals surface area contributed by atoms with E-state index in [1.165, 1.54) is 11.8 Å². The molecule has 1 rings (SSSR count). The van der Waals surface area contributed by atoms with E-state index in [0.717, 1.165) is 11.3 Å². The van der Waals surface area contributed by atoms with Crippen molar-refractivity contribution in [2.24, 2.45) is 0 Å². The Morgan fingerprint density at radius 1 is 1.32 bits per heavy atom. The summed E-state index contributed by atoms with van der Waals surface area (Å²) < 4.78 is 10.4. The lowest BCUT2D eigenvalue weighted by Crippen LogP contribution is -2.33. The van der Waals surface area contributed by atoms with E-state index in [9.17, 15) is 4.79 Å². The Labute approximate surface area is 118 Å². The highest BCUT2D eigenvalue weighted by Crippen LogP contribution is 2.31. The first-order valence-electron chi connectivity index (χ1n) is 6.24. The molecule has 0 bridgehead atoms. The molecular formula is C14H21NO3S. The minimum atomic E-state index is 0.0501. The van der Waals surface area contributed by atoms with E-state index >= 15 is 0 Å². The number of thioether (sulfide) groups is 1. The number of amides is 1. The van der Waals surface area contributed by atoms with Gasteiger partial charge in [-0.2, -0.15) is 0 Å². The van der Waals surface area contributed by atoms with E-state index in [1.54, 1.807) is 14.2 Å². The number of carbonyl (C=O) groups is 1. The largest absolute Gasteiger partial charge is 0.493 e. The zero-order valence-electron chi connectivity index (χ0n) is 11.9. The molecule has 1 amide bonds. The number of carbonyl (C=O) groups excluding carboxylic acids is 1. The van der Waals surface area contributed by atoms with Gasteiger partial charge in [0.05, 0.1) is 20.0 Å². The minimum absolute atomic E-state index is 0.0501. The zero-order chi connectivity index (χ0) is 14.3. The average molecular weight is 283 g/mol. The molecule has 0 aliphatic carbocycles. The lowest BCUT2D eigenvalue weighted by atomic mass is 10.3. The van der Waals surface area contributed by atoms with Gasteiger partial charge in [0.2, 0.25) is 5.91 Å². The van der Waals surface area contributed by atoms with E-state index in [-0.39, 0.29) is 11.9 Å². The van der Waals surface area contributed by atoms with Crippen LogP contribution in [0.2, 0.25) is 0 Å². The summed E-state index contributed by atoms with van der Waals surface area (Å²) in [5.74, 6) is 1.82. The third-order valence-electron chi connectivity index (χ3n) is 2.74. The van der Waals surface area contributed by atoms with Crippen LogP contribution in [0.25, 0.3) is 0 Å². The second kappa shape index (κ2) is 7.94. The molecule has 0 unspecified atom stereocenters. The first kappa shape index (κ1) is 15.7. The monoisotopic (exact) mass is 283 g/mol. The van der Waals surface area contributed by atoms with Gasteiger partial charge in [0, 0.05) is 10.9 Å². The van der Waals surface area contributed by atoms with Crippen molar-refractivity contribution in [1.82, 2.24) is 5.32 Å². The van der Waals surface area contributed by atoms with Gasteiger partial charge in [-0.3, -0.25) is 4.79 Å². The van der Waals surface area contributed by atoms with Crippen LogP contribution in [0.5, 0.6) is 11.5 Å². The topological polar surface area (TPSA) is 47.6 Å². The maximum absolute atomic E-state index is 11.7. The summed E-state index contributed by atoms with van der Waals surface area (Å²) in [7, 11) is 3.20. The molecule has 1 aromatic carbocycles. The first-order valence-corrected chi connectivity index (χ1v) is 7.23. The average Bonchev–Trinajstić information content (AvgIpc) is 2.44. The van der Waals surface area contributed by atoms with Gasteiger partial charge in [-0.05, 0) is 31.5 Å². The maximum atomic E-state index is 11.7. The summed E-state index contributed by atoms with van der Waals surface area (Å²) in [6.07, 6.45) is 0.937. The molecule has 0 aliphatic rings. The Bertz CT molecular complexity index is 423. The predicted molar refractivity (Wildman–Crippen MR) is 78.2 cm³/mol. The minimum Gasteiger partial charge on any atom is -0.493 e. The molecule has 4 nitrogen and oxygen atoms in total. The molecule has 0 aliphatic heterocycles. The van der Waals surface area contributed by atoms with Crippen molar-refractivity contribution in [3.63, 3.8) is 0 Å². The molecule has 0 heterocycles. The third kappa shape index (κ3) is 5.03. The van der Waals surface area contributed by atoms with Crippen LogP contribution in [0.15, 0.2) is 23.1 Å². The molecule has 0 radical (unpaired) electrons. The number of rotatable bonds is 7. The number of methoxy groups -OCH3 is 2. The van der Waals surface area contributed by atoms with E-state index in [1.807, 2.05) is 32.0 Å². The second-order valence-electron chi connectivity index (χ2n) is 4.18. The molecule has 1 atom stereocenters. The molecule has 0 spiro atoms. The van der Waals surface area contributed by atoms with Crippen LogP contribution in [-0.2, 0) is 4.79 Å². The Kier molecular flexibility index (Phi) is 6.56. The van der Waals surface area contributed by atoms with E-state index in [4.69, 9.17) is 9.47 Å². The van der Waals surface area contributed by atoms with E-state index in [0.29, 0.717) is 17.3 Å². The van der Waals surface area contributed by atoms with Gasteiger partial charge in [0.15, 0.2) is 11.5 Å². The number of hydrogen-bond acceptors (Lipinski definition) is 4. The lowest BCUT2D eigenvalue weighted by Gasteiger charge is -2.12. The van der Waals surface area contributed by atoms with Crippen LogP contribution in [0.3, 0.4) is 0 Å². The van der Waals surface area contributed by atoms with Crippen LogP contribution >= 0.6 is 11.8 Å². The Balaban J connectivity index is 2.56. The molecule has 0 saturated carbocycles. The highest BCUT2D eigenvalue weighted by Gasteiger charge is 2.08. The summed E-state index contributed by atoms with van der Waals surface area (Å²) >= 11 is 1.48. The first-order chi connectivity index (χ1) is 9.10. The standard InChI is InChI=1S/C14H21NO3S/c1-5-10(2)15-14(16)9-19-11-6-7-12(17-3)13(8-11)18-4/h6-8,10H,5,9H2,1-4H3,(H,15,16)/t10-/m1/s1. The zero-order valence-corrected chi connectivity index (χ0v) is 12.7. The Hall–Kier alpha value is -1.36. The van der Waals surface area contributed by atoms with Gasteiger partial charge < -0.3 is 14.8 Å². The second-order valence-corrected chi connectivity index (χ2v) is 5.23. The Morgan fingerprint density at radius 3 is 2.58 bits per heavy atom. The summed E-state index contributed by atoms with van der Waals surface area (Å²) in [5, 5.41) is 2.94. The number of nitrogens with one attached hydrogen (secondary N) is 1. The molecular weight excluding hydrogens is 262 g/mol. The van der Waals surface area contributed by atoms with Gasteiger partial charge in [0.1, 0.15) is 0 Å². The fraction of sp³-hybridized carbons (Fsp3) is 0.500. The van der Waals surface area contributed by atoms with Crippen LogP contribution in [0.1, 0.15) is 20.3 Å². The van der Waals surface area contributed by atoms with Crippen molar-refractivity contribution >= 4 is 17.7 Å². The molecule has 0 fully saturated rings. The van der Waals surface area contributed by atoms with Crippen molar-refractivity contribution in [2.75, 3.05) is 20.0 Å². The summed E-state index contributed by atoms with van der Waals surface area (Å²) in [5.41, 5.74) is 0. The number of benzene rings is 1. The number of ether oxygens (including phenoxy) is 2. The summed E-state index contributed by atoms with van der Waals surface area (Å²) in [6, 6.07) is 5.86. The van der Waals surface area contributed by atoms with Gasteiger partial charge >= 0.3 is 0 Å². The highest BCUT2D eigenvalue weighted by molar-refractivity contribution is 8.00. The predicted octanol–water partition coefficient (Wildman–Crippen LogP) is 2.71. The van der Waals surface area contributed by atoms with Crippen LogP contribution in [-0.4, -0.2) is 31.9 Å². The highest BCUT2D eigenvalue weighted by atomic mass is 32.2. The van der Waals surface area contributed by atoms with E-state index in [2.05, 4.69) is 5.32 Å². The van der Waals surface area contributed by atoms with Crippen molar-refractivity contribution in [3.8, 4) is 11.5 Å². The van der Waals surface area contributed by atoms with Crippen LogP contribution in [0.4, 0.5) is 0 Å². The molecule has 1 N–H and O–H groups in total. The fourth-order valence-electron chi connectivity index (χ4n) is 1.47. The van der Waals surface area contributed by atoms with Gasteiger partial charge in [-0.25, -0.2) is 0 Å². The van der Waals surface area contributed by atoms with Crippen LogP contribution < -0.4 is 14.8 Å². The van der Waals surface area contributed by atoms with E-state index < -0.39 is 0 Å². The van der Waals surface area contributed by atoms with Crippen molar-refractivity contribution in [3.05, 3.63) is 18.2 Å². The van der Waals surface area contributed by atoms with Crippen LogP contribution in [0, 0.1) is 0 Å². The fourth-order valence-corrected chi connectivity index (χ4v) is 2.21. The molecule has 5 heteroatoms. The molecule has 1 aromatic rings. The molecule has 0 aromatic heterocycles. The normalized spacial score (nSPS) is 11.8. The summed E-state index contributed by atoms with van der Waals surface area (Å²) in [6.45, 7) is 4.05. The van der Waals surface area contributed by atoms with Crippen molar-refractivity contribution < 1.29 is 14.3 Å². The third-order valence-corrected chi connectivity index (χ3v) is 3.74. The molecule has 0 saturated heterocycles. The van der Waals surface area contributed by atoms with Gasteiger partial charge in [-0.15, -0.1) is 11.8 Å².